The summed E-state index contributed by atoms with van der Waals surface area (Å²) >= 11 is 0. The van der Waals surface area contributed by atoms with Gasteiger partial charge in [-0.05, 0) is 308 Å². The lowest BCUT2D eigenvalue weighted by atomic mass is 9.33. The predicted octanol–water partition coefficient (Wildman–Crippen LogP) is 15.4. The Kier molecular flexibility index (Phi) is 21.5. The molecule has 3 aromatic rings. The fraction of sp³-hybridized carbons (Fsp3) is 0.856. The van der Waals surface area contributed by atoms with Crippen molar-refractivity contribution in [1.82, 2.24) is 55.8 Å². The second-order valence-electron chi connectivity index (χ2n) is 52.5. The molecular weight excluding hydrogens is 1580 g/mol. The van der Waals surface area contributed by atoms with Gasteiger partial charge in [0.05, 0.1) is 109 Å². The highest BCUT2D eigenvalue weighted by Crippen LogP contribution is 2.81. The Hall–Kier alpha value is -5.23. The second kappa shape index (κ2) is 29.6. The largest absolute Gasteiger partial charge is 0.395 e. The molecule has 18 rings (SSSR count). The minimum absolute atomic E-state index is 0.0274. The molecule has 22 nitrogen and oxygen atoms in total. The van der Waals surface area contributed by atoms with Crippen molar-refractivity contribution in [3.8, 4) is 0 Å². The number of nitrogens with one attached hydrogen (secondary N) is 3. The first-order valence-electron chi connectivity index (χ1n) is 50.0. The van der Waals surface area contributed by atoms with Crippen molar-refractivity contribution >= 4 is 17.7 Å². The van der Waals surface area contributed by atoms with Crippen LogP contribution in [0.4, 0.5) is 0 Å². The molecular formula is C104H163N12O10+. The van der Waals surface area contributed by atoms with E-state index in [0.29, 0.717) is 85.4 Å². The number of amides is 3. The lowest BCUT2D eigenvalue weighted by Crippen LogP contribution is -2.68. The van der Waals surface area contributed by atoms with Gasteiger partial charge in [0, 0.05) is 0 Å². The monoisotopic (exact) mass is 1740 g/mol. The van der Waals surface area contributed by atoms with Crippen molar-refractivity contribution in [1.29, 1.82) is 0 Å². The molecule has 10 N–H and O–H groups in total. The first kappa shape index (κ1) is 91.3. The zero-order valence-electron chi connectivity index (χ0n) is 81.1. The number of fused-ring (bicyclic) bond motifs is 21. The summed E-state index contributed by atoms with van der Waals surface area (Å²) in [5.41, 5.74) is -1.24. The van der Waals surface area contributed by atoms with Gasteiger partial charge in [0.1, 0.15) is 17.9 Å². The summed E-state index contributed by atoms with van der Waals surface area (Å²) in [6.07, 6.45) is 33.4. The molecule has 698 valence electrons. The number of aromatic nitrogens is 9. The van der Waals surface area contributed by atoms with E-state index < -0.39 is 40.0 Å². The van der Waals surface area contributed by atoms with Gasteiger partial charge in [0.2, 0.25) is 17.7 Å². The van der Waals surface area contributed by atoms with E-state index >= 15 is 14.4 Å². The summed E-state index contributed by atoms with van der Waals surface area (Å²) in [5.74, 6) is 1.29. The van der Waals surface area contributed by atoms with Crippen molar-refractivity contribution in [2.75, 3.05) is 6.61 Å². The average Bonchev–Trinajstić information content (AvgIpc) is 0.763. The molecule has 27 atom stereocenters. The number of hydrogen-bond donors (Lipinski definition) is 10. The summed E-state index contributed by atoms with van der Waals surface area (Å²) < 4.78 is 6.89. The standard InChI is InChI=1S/C104H162N12O10/c1-86(2)40-43-102(68(48-86)65-22-25-74-92(13)34-31-77(118)89(7,8)71(92)28-37-95(74,16)98(65,19)51-80(102)121)83(124)105-54-63-56-115(110-108-63)59-101(61-117,58-113-46-47-114(112-113)62-107-85(126)104-45-42-88(5,6)50-70(104)67-24-27-76-94(15)36-33-79(120)91(11,12)73(94)30-39-97(76,18)100(67,21)53-82(104)123)60-116-57-64(109-111-116)55-106-84(125)103-44-41-87(3,4)49-69(103)66-23-26-75-93(14)35-32-78(119)90(9,10)72(93)29-38-96(75,17)99(66,20)52-81(103)122/h22-24,46-47,56-57,68-82,117-123H,25-45,48-55,58-62H2,1-21H3,(H2-,105,106,107,124,125,126)/p+1/t68?,69?,70?,71?,72?,73?,74?,75?,76?,77-,78-,79-,80+,81+,82+,92-,93-,94-,95+,96+,97+,98+,99+,100+,101?,102+,103+,104+/m0/s1. The number of nitrogens with zero attached hydrogens (tertiary/aromatic N) is 9. The van der Waals surface area contributed by atoms with Crippen LogP contribution in [0.5, 0.6) is 0 Å². The minimum Gasteiger partial charge on any atom is -0.395 e. The molecule has 12 fully saturated rings. The molecule has 12 saturated carbocycles. The van der Waals surface area contributed by atoms with Crippen LogP contribution in [-0.4, -0.2) is 137 Å². The zero-order valence-corrected chi connectivity index (χ0v) is 81.1. The van der Waals surface area contributed by atoms with Gasteiger partial charge in [-0.1, -0.05) is 191 Å². The van der Waals surface area contributed by atoms with Crippen LogP contribution < -0.4 is 20.6 Å². The zero-order chi connectivity index (χ0) is 90.7. The fourth-order valence-corrected chi connectivity index (χ4v) is 36.1. The van der Waals surface area contributed by atoms with Crippen molar-refractivity contribution in [3.63, 3.8) is 0 Å². The molecule has 15 aliphatic rings. The van der Waals surface area contributed by atoms with Crippen LogP contribution in [-0.2, 0) is 53.8 Å². The van der Waals surface area contributed by atoms with Crippen LogP contribution in [0.25, 0.3) is 0 Å². The molecule has 0 radical (unpaired) electrons. The normalized spacial score (nSPS) is 46.3. The Labute approximate surface area is 752 Å². The van der Waals surface area contributed by atoms with Gasteiger partial charge in [0.25, 0.3) is 0 Å². The van der Waals surface area contributed by atoms with E-state index in [1.807, 2.05) is 24.8 Å². The quantitative estimate of drug-likeness (QED) is 0.0471. The molecule has 0 aliphatic heterocycles. The second-order valence-corrected chi connectivity index (χ2v) is 52.5. The van der Waals surface area contributed by atoms with Gasteiger partial charge in [-0.3, -0.25) is 23.7 Å². The third-order valence-electron chi connectivity index (χ3n) is 44.2. The Bertz CT molecular complexity index is 4390. The van der Waals surface area contributed by atoms with Gasteiger partial charge in [-0.25, -0.2) is 0 Å². The van der Waals surface area contributed by atoms with Gasteiger partial charge >= 0.3 is 0 Å². The maximum Gasteiger partial charge on any atom is 0.232 e. The summed E-state index contributed by atoms with van der Waals surface area (Å²) in [5, 5.41) is 120. The number of rotatable bonds is 16. The van der Waals surface area contributed by atoms with Crippen LogP contribution in [0.1, 0.15) is 330 Å². The summed E-state index contributed by atoms with van der Waals surface area (Å²) in [4.78, 5) is 47.1. The molecule has 9 unspecified atom stereocenters. The Balaban J connectivity index is 0.608. The number of allylic oxidation sites excluding steroid dienone is 6. The lowest BCUT2D eigenvalue weighted by molar-refractivity contribution is -0.758. The average molecular weight is 1740 g/mol. The number of carbonyl (C=O) groups is 3. The van der Waals surface area contributed by atoms with Crippen LogP contribution in [0.2, 0.25) is 0 Å². The Morgan fingerprint density at radius 1 is 0.397 bits per heavy atom. The minimum atomic E-state index is -1.12. The number of hydrogen-bond acceptors (Lipinski definition) is 15. The lowest BCUT2D eigenvalue weighted by Gasteiger charge is -2.71. The fourth-order valence-electron chi connectivity index (χ4n) is 36.1. The van der Waals surface area contributed by atoms with Crippen molar-refractivity contribution in [2.45, 2.75) is 395 Å². The van der Waals surface area contributed by atoms with Crippen LogP contribution >= 0.6 is 0 Å². The van der Waals surface area contributed by atoms with Gasteiger partial charge in [0.15, 0.2) is 19.1 Å². The smallest absolute Gasteiger partial charge is 0.232 e. The van der Waals surface area contributed by atoms with E-state index in [2.05, 4.69) is 180 Å². The Morgan fingerprint density at radius 2 is 0.714 bits per heavy atom. The van der Waals surface area contributed by atoms with Gasteiger partial charge in [-0.15, -0.1) is 19.6 Å². The van der Waals surface area contributed by atoms with Crippen LogP contribution in [0.15, 0.2) is 59.7 Å². The highest BCUT2D eigenvalue weighted by molar-refractivity contribution is 5.86. The highest BCUT2D eigenvalue weighted by Gasteiger charge is 2.76. The number of carbonyl (C=O) groups excluding carboxylic acids is 3. The molecule has 3 heterocycles. The third kappa shape index (κ3) is 12.9. The molecule has 3 amide bonds. The van der Waals surface area contributed by atoms with Crippen LogP contribution in [0.3, 0.4) is 0 Å². The van der Waals surface area contributed by atoms with Crippen molar-refractivity contribution in [3.05, 3.63) is 71.1 Å². The third-order valence-corrected chi connectivity index (χ3v) is 44.2. The SMILES string of the molecule is CC1(C)CC[C@@]2(C(=O)NCc3cn(CC(CO)(Cn4cc(CNC(=O)[C@]56CCC(C)(C)CC5C5=CCC7[C@@]8(C)CC[C@H](O)C(C)(C)C8CC[C@@]7(C)[C@]5(C)C[C@H]6O)nn4)Cn4cc[n+](CNC(=O)[C@]56CCC(C)(C)CC5C5=CCC7[C@@]8(C)CC[C@H](O)C(C)(C)C8CC[C@@]7(C)[C@]5(C)C[C@H]6O)n4)nn3)C(C1)C1=CCC3[C@@]4(C)CC[C@H](O)C(C)(C)C4CC[C@@]3(C)[C@]1(C)C[C@H]2O. The summed E-state index contributed by atoms with van der Waals surface area (Å²) in [6, 6.07) is 0. The topological polar surface area (TPSA) is 312 Å². The maximum absolute atomic E-state index is 15.7. The molecule has 15 aliphatic carbocycles. The van der Waals surface area contributed by atoms with E-state index in [4.69, 9.17) is 25.8 Å². The van der Waals surface area contributed by atoms with Crippen LogP contribution in [0, 0.1) is 156 Å². The maximum atomic E-state index is 15.7. The first-order chi connectivity index (χ1) is 58.6. The molecule has 0 spiro atoms. The molecule has 0 bridgehead atoms. The van der Waals surface area contributed by atoms with E-state index in [-0.39, 0.29) is 181 Å². The van der Waals surface area contributed by atoms with Crippen molar-refractivity contribution in [2.24, 2.45) is 156 Å². The van der Waals surface area contributed by atoms with Crippen molar-refractivity contribution < 1.29 is 54.8 Å². The molecule has 3 aromatic heterocycles. The van der Waals surface area contributed by atoms with Gasteiger partial charge < -0.3 is 51.7 Å². The number of aliphatic hydroxyl groups is 7. The van der Waals surface area contributed by atoms with Gasteiger partial charge in [-0.2, -0.15) is 0 Å². The Morgan fingerprint density at radius 3 is 1.04 bits per heavy atom. The highest BCUT2D eigenvalue weighted by atomic mass is 16.3. The molecule has 0 aromatic carbocycles. The number of aliphatic hydroxyl groups excluding tert-OH is 7. The molecule has 126 heavy (non-hydrogen) atoms. The van der Waals surface area contributed by atoms with E-state index in [1.54, 1.807) is 18.7 Å². The summed E-state index contributed by atoms with van der Waals surface area (Å²) in [7, 11) is 0. The van der Waals surface area contributed by atoms with E-state index in [1.165, 1.54) is 16.7 Å². The van der Waals surface area contributed by atoms with E-state index in [9.17, 15) is 35.7 Å². The first-order valence-corrected chi connectivity index (χ1v) is 50.0. The molecule has 0 saturated heterocycles. The summed E-state index contributed by atoms with van der Waals surface area (Å²) in [6.45, 7) is 50.0. The predicted molar refractivity (Wildman–Crippen MR) is 483 cm³/mol. The van der Waals surface area contributed by atoms with E-state index in [0.717, 1.165) is 135 Å². The molecule has 22 heteroatoms.